The van der Waals surface area contributed by atoms with Crippen molar-refractivity contribution < 1.29 is 4.74 Å². The Bertz CT molecular complexity index is 569. The second-order valence-corrected chi connectivity index (χ2v) is 8.51. The highest BCUT2D eigenvalue weighted by Gasteiger charge is 2.25. The summed E-state index contributed by atoms with van der Waals surface area (Å²) >= 11 is 1.83. The lowest BCUT2D eigenvalue weighted by Crippen LogP contribution is -2.53. The number of rotatable bonds is 6. The molecule has 1 aromatic heterocycles. The van der Waals surface area contributed by atoms with Crippen molar-refractivity contribution in [3.63, 3.8) is 0 Å². The number of nitrogens with zero attached hydrogens (tertiary/aromatic N) is 4. The summed E-state index contributed by atoms with van der Waals surface area (Å²) in [7, 11) is 0. The lowest BCUT2D eigenvalue weighted by molar-refractivity contribution is 0.00862. The maximum atomic E-state index is 5.53. The molecule has 0 aromatic carbocycles. The van der Waals surface area contributed by atoms with Gasteiger partial charge in [0, 0.05) is 51.9 Å². The normalized spacial score (nSPS) is 20.2. The molecule has 28 heavy (non-hydrogen) atoms. The Morgan fingerprint density at radius 3 is 2.46 bits per heavy atom. The molecule has 0 aliphatic carbocycles. The summed E-state index contributed by atoms with van der Waals surface area (Å²) in [5, 5.41) is 7.05. The third-order valence-electron chi connectivity index (χ3n) is 5.44. The smallest absolute Gasteiger partial charge is 0.194 e. The zero-order valence-electron chi connectivity index (χ0n) is 17.5. The van der Waals surface area contributed by atoms with Crippen molar-refractivity contribution in [3.8, 4) is 0 Å². The van der Waals surface area contributed by atoms with Crippen molar-refractivity contribution in [1.29, 1.82) is 0 Å². The van der Waals surface area contributed by atoms with Gasteiger partial charge in [-0.15, -0.1) is 35.3 Å². The number of hydrogen-bond acceptors (Lipinski definition) is 5. The summed E-state index contributed by atoms with van der Waals surface area (Å²) in [6, 6.07) is 4.83. The summed E-state index contributed by atoms with van der Waals surface area (Å²) < 4.78 is 5.53. The zero-order chi connectivity index (χ0) is 19.1. The maximum Gasteiger partial charge on any atom is 0.194 e. The first-order chi connectivity index (χ1) is 13.2. The number of nitrogens with one attached hydrogen (secondary N) is 1. The second kappa shape index (κ2) is 12.2. The van der Waals surface area contributed by atoms with E-state index in [0.29, 0.717) is 12.0 Å². The average Bonchev–Trinajstić information content (AvgIpc) is 3.23. The van der Waals surface area contributed by atoms with Crippen LogP contribution in [0, 0.1) is 5.92 Å². The Labute approximate surface area is 191 Å². The number of thiophene rings is 1. The standard InChI is InChI=1S/C20H35N5OS.HI/c1-4-21-20(22-16-18(17(2)3)23-11-13-26-14-12-23)25-9-7-24(8-10-25)19-6-5-15-27-19;/h5-6,15,17-18H,4,7-14,16H2,1-3H3,(H,21,22);1H. The van der Waals surface area contributed by atoms with E-state index in [1.807, 2.05) is 11.3 Å². The Balaban J connectivity index is 0.00000280. The van der Waals surface area contributed by atoms with Gasteiger partial charge in [-0.25, -0.2) is 0 Å². The van der Waals surface area contributed by atoms with E-state index in [9.17, 15) is 0 Å². The van der Waals surface area contributed by atoms with E-state index in [0.717, 1.165) is 71.5 Å². The Hall–Kier alpha value is -0.580. The van der Waals surface area contributed by atoms with Gasteiger partial charge in [0.25, 0.3) is 0 Å². The topological polar surface area (TPSA) is 43.3 Å². The van der Waals surface area contributed by atoms with Crippen LogP contribution in [0.5, 0.6) is 0 Å². The molecule has 160 valence electrons. The van der Waals surface area contributed by atoms with E-state index in [1.54, 1.807) is 0 Å². The fourth-order valence-electron chi connectivity index (χ4n) is 3.85. The van der Waals surface area contributed by atoms with Crippen LogP contribution in [0.4, 0.5) is 5.00 Å². The van der Waals surface area contributed by atoms with Gasteiger partial charge in [-0.2, -0.15) is 0 Å². The summed E-state index contributed by atoms with van der Waals surface area (Å²) in [4.78, 5) is 12.5. The molecule has 0 bridgehead atoms. The molecule has 2 saturated heterocycles. The lowest BCUT2D eigenvalue weighted by atomic mass is 10.0. The Kier molecular flexibility index (Phi) is 10.3. The number of anilines is 1. The minimum Gasteiger partial charge on any atom is -0.379 e. The molecule has 1 unspecified atom stereocenters. The average molecular weight is 522 g/mol. The maximum absolute atomic E-state index is 5.53. The van der Waals surface area contributed by atoms with Crippen molar-refractivity contribution in [3.05, 3.63) is 17.5 Å². The van der Waals surface area contributed by atoms with Crippen molar-refractivity contribution in [2.24, 2.45) is 10.9 Å². The number of aliphatic imine (C=N–C) groups is 1. The number of ether oxygens (including phenoxy) is 1. The minimum atomic E-state index is 0. The van der Waals surface area contributed by atoms with Gasteiger partial charge in [0.05, 0.1) is 24.8 Å². The number of morpholine rings is 1. The zero-order valence-corrected chi connectivity index (χ0v) is 20.6. The summed E-state index contributed by atoms with van der Waals surface area (Å²) in [5.74, 6) is 1.66. The molecule has 0 saturated carbocycles. The molecule has 1 N–H and O–H groups in total. The number of halogens is 1. The first-order valence-electron chi connectivity index (χ1n) is 10.3. The van der Waals surface area contributed by atoms with E-state index in [-0.39, 0.29) is 24.0 Å². The fourth-order valence-corrected chi connectivity index (χ4v) is 4.64. The summed E-state index contributed by atoms with van der Waals surface area (Å²) in [6.07, 6.45) is 0. The highest BCUT2D eigenvalue weighted by Crippen LogP contribution is 2.22. The molecule has 1 atom stereocenters. The summed E-state index contributed by atoms with van der Waals surface area (Å²) in [6.45, 7) is 16.4. The van der Waals surface area contributed by atoms with Crippen LogP contribution in [-0.4, -0.2) is 87.4 Å². The van der Waals surface area contributed by atoms with E-state index in [2.05, 4.69) is 58.3 Å². The molecular formula is C20H36IN5OS. The first-order valence-corrected chi connectivity index (χ1v) is 11.2. The van der Waals surface area contributed by atoms with Gasteiger partial charge in [0.1, 0.15) is 0 Å². The van der Waals surface area contributed by atoms with E-state index < -0.39 is 0 Å². The molecule has 0 amide bonds. The van der Waals surface area contributed by atoms with Crippen molar-refractivity contribution in [2.75, 3.05) is 70.5 Å². The Morgan fingerprint density at radius 2 is 1.89 bits per heavy atom. The van der Waals surface area contributed by atoms with Crippen LogP contribution >= 0.6 is 35.3 Å². The van der Waals surface area contributed by atoms with Crippen molar-refractivity contribution in [2.45, 2.75) is 26.8 Å². The molecule has 3 heterocycles. The van der Waals surface area contributed by atoms with Crippen LogP contribution in [0.1, 0.15) is 20.8 Å². The Morgan fingerprint density at radius 1 is 1.18 bits per heavy atom. The van der Waals surface area contributed by atoms with Crippen LogP contribution < -0.4 is 10.2 Å². The minimum absolute atomic E-state index is 0. The second-order valence-electron chi connectivity index (χ2n) is 7.58. The van der Waals surface area contributed by atoms with Gasteiger partial charge in [0.2, 0.25) is 0 Å². The molecule has 2 aliphatic rings. The number of piperazine rings is 1. The van der Waals surface area contributed by atoms with Gasteiger partial charge in [-0.3, -0.25) is 9.89 Å². The highest BCUT2D eigenvalue weighted by molar-refractivity contribution is 14.0. The molecule has 8 heteroatoms. The van der Waals surface area contributed by atoms with Crippen molar-refractivity contribution >= 4 is 46.3 Å². The SMILES string of the molecule is CCNC(=NCC(C(C)C)N1CCOCC1)N1CCN(c2cccs2)CC1.I. The van der Waals surface area contributed by atoms with Gasteiger partial charge >= 0.3 is 0 Å². The molecule has 0 spiro atoms. The first kappa shape index (κ1) is 23.7. The van der Waals surface area contributed by atoms with Gasteiger partial charge in [-0.1, -0.05) is 13.8 Å². The molecule has 2 aliphatic heterocycles. The third kappa shape index (κ3) is 6.47. The van der Waals surface area contributed by atoms with Gasteiger partial charge < -0.3 is 19.9 Å². The van der Waals surface area contributed by atoms with E-state index >= 15 is 0 Å². The monoisotopic (exact) mass is 521 g/mol. The molecule has 6 nitrogen and oxygen atoms in total. The lowest BCUT2D eigenvalue weighted by Gasteiger charge is -2.38. The highest BCUT2D eigenvalue weighted by atomic mass is 127. The van der Waals surface area contributed by atoms with Crippen LogP contribution in [-0.2, 0) is 4.74 Å². The molecule has 0 radical (unpaired) electrons. The van der Waals surface area contributed by atoms with Crippen LogP contribution in [0.2, 0.25) is 0 Å². The molecule has 3 rings (SSSR count). The molecule has 2 fully saturated rings. The number of guanidine groups is 1. The van der Waals surface area contributed by atoms with Gasteiger partial charge in [0.15, 0.2) is 5.96 Å². The number of hydrogen-bond donors (Lipinski definition) is 1. The molecular weight excluding hydrogens is 485 g/mol. The van der Waals surface area contributed by atoms with E-state index in [4.69, 9.17) is 9.73 Å². The fraction of sp³-hybridized carbons (Fsp3) is 0.750. The van der Waals surface area contributed by atoms with Gasteiger partial charge in [-0.05, 0) is 30.4 Å². The van der Waals surface area contributed by atoms with Crippen LogP contribution in [0.15, 0.2) is 22.5 Å². The van der Waals surface area contributed by atoms with Crippen LogP contribution in [0.25, 0.3) is 0 Å². The third-order valence-corrected chi connectivity index (χ3v) is 6.37. The largest absolute Gasteiger partial charge is 0.379 e. The predicted octanol–water partition coefficient (Wildman–Crippen LogP) is 2.81. The van der Waals surface area contributed by atoms with Crippen molar-refractivity contribution in [1.82, 2.24) is 15.1 Å². The van der Waals surface area contributed by atoms with E-state index in [1.165, 1.54) is 5.00 Å². The summed E-state index contributed by atoms with van der Waals surface area (Å²) in [5.41, 5.74) is 0. The van der Waals surface area contributed by atoms with Crippen LogP contribution in [0.3, 0.4) is 0 Å². The quantitative estimate of drug-likeness (QED) is 0.355. The predicted molar refractivity (Wildman–Crippen MR) is 131 cm³/mol. The molecule has 1 aromatic rings.